The minimum Gasteiger partial charge on any atom is -0.395 e. The molecule has 0 saturated heterocycles. The van der Waals surface area contributed by atoms with E-state index >= 15 is 0 Å². The van der Waals surface area contributed by atoms with Crippen molar-refractivity contribution in [3.63, 3.8) is 0 Å². The Hall–Kier alpha value is -1.13. The van der Waals surface area contributed by atoms with E-state index in [9.17, 15) is 0 Å². The molecule has 2 aromatic rings. The molecular weight excluding hydrogens is 268 g/mol. The Morgan fingerprint density at radius 1 is 1.31 bits per heavy atom. The number of rotatable bonds is 3. The largest absolute Gasteiger partial charge is 0.395 e. The summed E-state index contributed by atoms with van der Waals surface area (Å²) in [6.45, 7) is 0.710. The van der Waals surface area contributed by atoms with Gasteiger partial charge in [0.1, 0.15) is 5.82 Å². The van der Waals surface area contributed by atoms with Crippen LogP contribution in [0.15, 0.2) is 34.9 Å². The fraction of sp³-hybridized carbons (Fsp3) is 0.250. The van der Waals surface area contributed by atoms with Gasteiger partial charge in [0.2, 0.25) is 0 Å². The summed E-state index contributed by atoms with van der Waals surface area (Å²) in [5.74, 6) is 0.896. The predicted octanol–water partition coefficient (Wildman–Crippen LogP) is 2.43. The molecule has 1 aromatic heterocycles. The number of aliphatic hydroxyl groups is 1. The monoisotopic (exact) mass is 280 g/mol. The number of aromatic nitrogens is 1. The number of hydrogen-bond acceptors (Lipinski definition) is 3. The van der Waals surface area contributed by atoms with Crippen LogP contribution >= 0.6 is 15.9 Å². The zero-order valence-corrected chi connectivity index (χ0v) is 10.6. The lowest BCUT2D eigenvalue weighted by Gasteiger charge is -2.18. The van der Waals surface area contributed by atoms with Crippen LogP contribution in [0, 0.1) is 0 Å². The van der Waals surface area contributed by atoms with E-state index in [1.54, 1.807) is 6.20 Å². The van der Waals surface area contributed by atoms with Crippen LogP contribution in [0.2, 0.25) is 0 Å². The van der Waals surface area contributed by atoms with Gasteiger partial charge >= 0.3 is 0 Å². The van der Waals surface area contributed by atoms with E-state index < -0.39 is 0 Å². The minimum atomic E-state index is 0.128. The highest BCUT2D eigenvalue weighted by Gasteiger charge is 2.08. The number of nitrogens with zero attached hydrogens (tertiary/aromatic N) is 2. The lowest BCUT2D eigenvalue weighted by atomic mass is 10.1. The average molecular weight is 281 g/mol. The summed E-state index contributed by atoms with van der Waals surface area (Å²) < 4.78 is 1.06. The van der Waals surface area contributed by atoms with Crippen LogP contribution in [0.5, 0.6) is 0 Å². The minimum absolute atomic E-state index is 0.128. The van der Waals surface area contributed by atoms with Crippen LogP contribution in [0.1, 0.15) is 0 Å². The topological polar surface area (TPSA) is 36.4 Å². The van der Waals surface area contributed by atoms with Crippen LogP contribution in [-0.2, 0) is 0 Å². The SMILES string of the molecule is CN(CCO)c1nccc2c(Br)cccc12. The molecular formula is C12H13BrN2O. The molecule has 0 aliphatic heterocycles. The number of fused-ring (bicyclic) bond motifs is 1. The zero-order valence-electron chi connectivity index (χ0n) is 9.02. The van der Waals surface area contributed by atoms with Crippen LogP contribution in [0.25, 0.3) is 10.8 Å². The zero-order chi connectivity index (χ0) is 11.5. The number of aliphatic hydroxyl groups excluding tert-OH is 1. The van der Waals surface area contributed by atoms with Crippen LogP contribution in [0.4, 0.5) is 5.82 Å². The molecule has 1 aromatic carbocycles. The maximum Gasteiger partial charge on any atom is 0.136 e. The molecule has 0 aliphatic carbocycles. The number of pyridine rings is 1. The van der Waals surface area contributed by atoms with Crippen molar-refractivity contribution >= 4 is 32.5 Å². The normalized spacial score (nSPS) is 10.7. The van der Waals surface area contributed by atoms with Gasteiger partial charge < -0.3 is 10.0 Å². The molecule has 0 aliphatic rings. The van der Waals surface area contributed by atoms with Gasteiger partial charge in [-0.1, -0.05) is 28.1 Å². The number of hydrogen-bond donors (Lipinski definition) is 1. The first kappa shape index (κ1) is 11.4. The second kappa shape index (κ2) is 4.80. The molecule has 1 N–H and O–H groups in total. The third-order valence-corrected chi connectivity index (χ3v) is 3.22. The molecule has 0 saturated carbocycles. The van der Waals surface area contributed by atoms with E-state index in [1.165, 1.54) is 0 Å². The molecule has 3 nitrogen and oxygen atoms in total. The summed E-state index contributed by atoms with van der Waals surface area (Å²) in [6, 6.07) is 8.02. The van der Waals surface area contributed by atoms with Gasteiger partial charge in [0.25, 0.3) is 0 Å². The van der Waals surface area contributed by atoms with Crippen molar-refractivity contribution in [3.8, 4) is 0 Å². The molecule has 4 heteroatoms. The van der Waals surface area contributed by atoms with E-state index in [2.05, 4.69) is 20.9 Å². The van der Waals surface area contributed by atoms with E-state index in [-0.39, 0.29) is 6.61 Å². The Labute approximate surface area is 103 Å². The van der Waals surface area contributed by atoms with Crippen molar-refractivity contribution in [2.45, 2.75) is 0 Å². The molecule has 2 rings (SSSR count). The van der Waals surface area contributed by atoms with Crippen LogP contribution in [-0.4, -0.2) is 30.3 Å². The van der Waals surface area contributed by atoms with Gasteiger partial charge in [-0.15, -0.1) is 0 Å². The van der Waals surface area contributed by atoms with Crippen molar-refractivity contribution in [1.82, 2.24) is 4.98 Å². The summed E-state index contributed by atoms with van der Waals surface area (Å²) in [6.07, 6.45) is 1.79. The number of halogens is 1. The third-order valence-electron chi connectivity index (χ3n) is 2.53. The lowest BCUT2D eigenvalue weighted by molar-refractivity contribution is 0.304. The lowest BCUT2D eigenvalue weighted by Crippen LogP contribution is -2.22. The van der Waals surface area contributed by atoms with Crippen molar-refractivity contribution < 1.29 is 5.11 Å². The smallest absolute Gasteiger partial charge is 0.136 e. The second-order valence-corrected chi connectivity index (χ2v) is 4.47. The predicted molar refractivity (Wildman–Crippen MR) is 69.8 cm³/mol. The van der Waals surface area contributed by atoms with Gasteiger partial charge in [0.05, 0.1) is 6.61 Å². The van der Waals surface area contributed by atoms with Gasteiger partial charge in [0, 0.05) is 35.0 Å². The first-order valence-electron chi connectivity index (χ1n) is 5.09. The van der Waals surface area contributed by atoms with E-state index in [1.807, 2.05) is 36.2 Å². The van der Waals surface area contributed by atoms with Crippen molar-refractivity contribution in [3.05, 3.63) is 34.9 Å². The van der Waals surface area contributed by atoms with Crippen molar-refractivity contribution in [1.29, 1.82) is 0 Å². The first-order chi connectivity index (χ1) is 7.74. The summed E-state index contributed by atoms with van der Waals surface area (Å²) in [4.78, 5) is 6.31. The Kier molecular flexibility index (Phi) is 3.41. The van der Waals surface area contributed by atoms with E-state index in [0.29, 0.717) is 6.54 Å². The molecule has 0 spiro atoms. The average Bonchev–Trinajstić information content (AvgIpc) is 2.29. The summed E-state index contributed by atoms with van der Waals surface area (Å²) in [5, 5.41) is 11.2. The van der Waals surface area contributed by atoms with Crippen LogP contribution in [0.3, 0.4) is 0 Å². The Bertz CT molecular complexity index is 501. The molecule has 0 bridgehead atoms. The molecule has 0 atom stereocenters. The van der Waals surface area contributed by atoms with Crippen molar-refractivity contribution in [2.24, 2.45) is 0 Å². The fourth-order valence-electron chi connectivity index (χ4n) is 1.71. The molecule has 16 heavy (non-hydrogen) atoms. The fourth-order valence-corrected chi connectivity index (χ4v) is 2.21. The molecule has 0 radical (unpaired) electrons. The van der Waals surface area contributed by atoms with E-state index in [4.69, 9.17) is 5.11 Å². The quantitative estimate of drug-likeness (QED) is 0.938. The third kappa shape index (κ3) is 2.03. The van der Waals surface area contributed by atoms with Gasteiger partial charge in [-0.2, -0.15) is 0 Å². The number of likely N-dealkylation sites (N-methyl/N-ethyl adjacent to an activating group) is 1. The summed E-state index contributed by atoms with van der Waals surface area (Å²) in [5.41, 5.74) is 0. The standard InChI is InChI=1S/C12H13BrN2O/c1-15(7-8-16)12-10-3-2-4-11(13)9(10)5-6-14-12/h2-6,16H,7-8H2,1H3. The number of benzene rings is 1. The molecule has 1 heterocycles. The van der Waals surface area contributed by atoms with Gasteiger partial charge in [-0.05, 0) is 12.1 Å². The summed E-state index contributed by atoms with van der Waals surface area (Å²) >= 11 is 3.52. The Morgan fingerprint density at radius 2 is 2.12 bits per heavy atom. The van der Waals surface area contributed by atoms with Crippen LogP contribution < -0.4 is 4.90 Å². The Balaban J connectivity index is 2.58. The Morgan fingerprint density at radius 3 is 2.88 bits per heavy atom. The highest BCUT2D eigenvalue weighted by Crippen LogP contribution is 2.28. The van der Waals surface area contributed by atoms with Gasteiger partial charge in [-0.3, -0.25) is 0 Å². The summed E-state index contributed by atoms with van der Waals surface area (Å²) in [7, 11) is 1.93. The molecule has 0 unspecified atom stereocenters. The first-order valence-corrected chi connectivity index (χ1v) is 5.88. The van der Waals surface area contributed by atoms with Crippen molar-refractivity contribution in [2.75, 3.05) is 25.1 Å². The van der Waals surface area contributed by atoms with Gasteiger partial charge in [0.15, 0.2) is 0 Å². The second-order valence-electron chi connectivity index (χ2n) is 3.61. The maximum absolute atomic E-state index is 8.95. The van der Waals surface area contributed by atoms with Gasteiger partial charge in [-0.25, -0.2) is 4.98 Å². The maximum atomic E-state index is 8.95. The highest BCUT2D eigenvalue weighted by atomic mass is 79.9. The molecule has 84 valence electrons. The number of anilines is 1. The highest BCUT2D eigenvalue weighted by molar-refractivity contribution is 9.10. The molecule has 0 fully saturated rings. The molecule has 0 amide bonds. The van der Waals surface area contributed by atoms with E-state index in [0.717, 1.165) is 21.1 Å².